The monoisotopic (exact) mass is 680 g/mol. The summed E-state index contributed by atoms with van der Waals surface area (Å²) >= 11 is 0. The van der Waals surface area contributed by atoms with Crippen molar-refractivity contribution in [1.29, 1.82) is 0 Å². The SMILES string of the molecule is COC1C(CO)OC(OC2C(CO)OC(OC3C(CO)OC(OC4C(CO)OC(O)C(O)[C@H]4O)C(O)C3O)C(O)[C@H]2O)C(O)C1O. The van der Waals surface area contributed by atoms with Crippen LogP contribution >= 0.6 is 0 Å². The lowest BCUT2D eigenvalue weighted by atomic mass is 9.95. The van der Waals surface area contributed by atoms with Crippen LogP contribution in [0.4, 0.5) is 0 Å². The topological polar surface area (TPSA) is 337 Å². The molecule has 18 unspecified atom stereocenters. The van der Waals surface area contributed by atoms with Gasteiger partial charge in [0.25, 0.3) is 0 Å². The lowest BCUT2D eigenvalue weighted by molar-refractivity contribution is -0.387. The van der Waals surface area contributed by atoms with Crippen LogP contribution in [-0.4, -0.2) is 223 Å². The van der Waals surface area contributed by atoms with Crippen molar-refractivity contribution in [3.05, 3.63) is 0 Å². The van der Waals surface area contributed by atoms with Gasteiger partial charge in [0.2, 0.25) is 0 Å². The zero-order valence-corrected chi connectivity index (χ0v) is 24.5. The van der Waals surface area contributed by atoms with Crippen LogP contribution in [0.15, 0.2) is 0 Å². The third-order valence-electron chi connectivity index (χ3n) is 8.45. The van der Waals surface area contributed by atoms with Gasteiger partial charge in [0.05, 0.1) is 26.4 Å². The Morgan fingerprint density at radius 1 is 0.391 bits per heavy atom. The van der Waals surface area contributed by atoms with Gasteiger partial charge in [0.15, 0.2) is 25.2 Å². The van der Waals surface area contributed by atoms with Gasteiger partial charge in [-0.05, 0) is 0 Å². The number of hydrogen-bond donors (Lipinski definition) is 13. The third-order valence-corrected chi connectivity index (χ3v) is 8.45. The Kier molecular flexibility index (Phi) is 13.4. The van der Waals surface area contributed by atoms with Crippen molar-refractivity contribution in [1.82, 2.24) is 0 Å². The Labute approximate surface area is 261 Å². The predicted octanol–water partition coefficient (Wildman–Crippen LogP) is -9.09. The molecule has 46 heavy (non-hydrogen) atoms. The minimum Gasteiger partial charge on any atom is -0.394 e. The van der Waals surface area contributed by atoms with Crippen LogP contribution in [0.2, 0.25) is 0 Å². The van der Waals surface area contributed by atoms with E-state index < -0.39 is 149 Å². The molecule has 270 valence electrons. The molecule has 4 fully saturated rings. The number of methoxy groups -OCH3 is 1. The Balaban J connectivity index is 1.43. The second-order valence-electron chi connectivity index (χ2n) is 11.4. The zero-order chi connectivity index (χ0) is 34.0. The minimum absolute atomic E-state index is 0.647. The second kappa shape index (κ2) is 16.2. The zero-order valence-electron chi connectivity index (χ0n) is 24.5. The highest BCUT2D eigenvalue weighted by Crippen LogP contribution is 2.34. The van der Waals surface area contributed by atoms with Crippen LogP contribution in [0.25, 0.3) is 0 Å². The smallest absolute Gasteiger partial charge is 0.187 e. The molecule has 13 N–H and O–H groups in total. The van der Waals surface area contributed by atoms with Gasteiger partial charge in [-0.2, -0.15) is 0 Å². The molecule has 4 rings (SSSR count). The normalized spacial score (nSPS) is 52.0. The van der Waals surface area contributed by atoms with Gasteiger partial charge in [-0.1, -0.05) is 0 Å². The van der Waals surface area contributed by atoms with Crippen LogP contribution in [0.1, 0.15) is 0 Å². The summed E-state index contributed by atoms with van der Waals surface area (Å²) in [6.07, 6.45) is -33.8. The van der Waals surface area contributed by atoms with Crippen molar-refractivity contribution in [3.63, 3.8) is 0 Å². The average Bonchev–Trinajstić information content (AvgIpc) is 3.05. The molecular formula is C25H44O21. The molecule has 20 atom stereocenters. The number of aliphatic hydroxyl groups is 13. The van der Waals surface area contributed by atoms with Crippen LogP contribution in [0, 0.1) is 0 Å². The Morgan fingerprint density at radius 3 is 1.00 bits per heavy atom. The fourth-order valence-corrected chi connectivity index (χ4v) is 5.82. The summed E-state index contributed by atoms with van der Waals surface area (Å²) < 4.78 is 43.2. The summed E-state index contributed by atoms with van der Waals surface area (Å²) in [5, 5.41) is 133. The Bertz CT molecular complexity index is 926. The fraction of sp³-hybridized carbons (Fsp3) is 1.00. The maximum Gasteiger partial charge on any atom is 0.187 e. The molecule has 0 bridgehead atoms. The van der Waals surface area contributed by atoms with Crippen LogP contribution in [0.3, 0.4) is 0 Å². The van der Waals surface area contributed by atoms with Crippen molar-refractivity contribution in [2.45, 2.75) is 123 Å². The molecule has 0 spiro atoms. The summed E-state index contributed by atoms with van der Waals surface area (Å²) in [5.41, 5.74) is 0. The molecule has 0 saturated carbocycles. The summed E-state index contributed by atoms with van der Waals surface area (Å²) in [5.74, 6) is 0. The Morgan fingerprint density at radius 2 is 0.674 bits per heavy atom. The van der Waals surface area contributed by atoms with E-state index in [2.05, 4.69) is 0 Å². The van der Waals surface area contributed by atoms with Crippen molar-refractivity contribution in [3.8, 4) is 0 Å². The van der Waals surface area contributed by atoms with E-state index in [-0.39, 0.29) is 0 Å². The first kappa shape index (κ1) is 38.0. The Hall–Kier alpha value is -0.840. The van der Waals surface area contributed by atoms with Crippen molar-refractivity contribution in [2.24, 2.45) is 0 Å². The number of ether oxygens (including phenoxy) is 8. The molecular weight excluding hydrogens is 636 g/mol. The highest BCUT2D eigenvalue weighted by Gasteiger charge is 2.55. The van der Waals surface area contributed by atoms with E-state index >= 15 is 0 Å². The third kappa shape index (κ3) is 7.50. The lowest BCUT2D eigenvalue weighted by Crippen LogP contribution is -2.67. The van der Waals surface area contributed by atoms with E-state index in [0.29, 0.717) is 0 Å². The van der Waals surface area contributed by atoms with E-state index in [0.717, 1.165) is 0 Å². The van der Waals surface area contributed by atoms with E-state index in [1.165, 1.54) is 7.11 Å². The van der Waals surface area contributed by atoms with Gasteiger partial charge in [0, 0.05) is 7.11 Å². The lowest BCUT2D eigenvalue weighted by Gasteiger charge is -2.49. The van der Waals surface area contributed by atoms with Gasteiger partial charge >= 0.3 is 0 Å². The molecule has 21 heteroatoms. The molecule has 0 radical (unpaired) electrons. The minimum atomic E-state index is -2.00. The fourth-order valence-electron chi connectivity index (χ4n) is 5.82. The maximum absolute atomic E-state index is 10.9. The molecule has 4 heterocycles. The first-order valence-electron chi connectivity index (χ1n) is 14.5. The number of rotatable bonds is 11. The molecule has 0 aromatic rings. The van der Waals surface area contributed by atoms with Crippen molar-refractivity contribution >= 4 is 0 Å². The molecule has 0 aliphatic carbocycles. The van der Waals surface area contributed by atoms with Crippen molar-refractivity contribution < 1.29 is 104 Å². The first-order valence-corrected chi connectivity index (χ1v) is 14.5. The molecule has 4 saturated heterocycles. The van der Waals surface area contributed by atoms with E-state index in [4.69, 9.17) is 37.9 Å². The van der Waals surface area contributed by atoms with Crippen LogP contribution in [-0.2, 0) is 37.9 Å². The van der Waals surface area contributed by atoms with Crippen LogP contribution < -0.4 is 0 Å². The van der Waals surface area contributed by atoms with Gasteiger partial charge in [-0.25, -0.2) is 0 Å². The van der Waals surface area contributed by atoms with Crippen molar-refractivity contribution in [2.75, 3.05) is 33.5 Å². The molecule has 4 aliphatic heterocycles. The quantitative estimate of drug-likeness (QED) is 0.0963. The second-order valence-corrected chi connectivity index (χ2v) is 11.4. The molecule has 0 aromatic carbocycles. The van der Waals surface area contributed by atoms with Gasteiger partial charge in [-0.15, -0.1) is 0 Å². The molecule has 21 nitrogen and oxygen atoms in total. The van der Waals surface area contributed by atoms with E-state index in [9.17, 15) is 66.4 Å². The summed E-state index contributed by atoms with van der Waals surface area (Å²) in [6.45, 7) is -3.21. The summed E-state index contributed by atoms with van der Waals surface area (Å²) in [6, 6.07) is 0. The maximum atomic E-state index is 10.9. The standard InChI is InChI=1S/C25H44O21/c1-39-18-6(2-26)41-23(15(35)11(18)31)45-20-8(4-28)43-25(17(37)13(20)33)46-21-9(5-29)42-24(16(36)12(21)32)44-19-7(3-27)40-22(38)14(34)10(19)30/h6-38H,2-5H2,1H3/t6?,7?,8?,9?,10-,11?,12?,13-,14?,15?,16?,17?,18?,19?,20?,21?,22?,23?,24?,25?/m1/s1. The van der Waals surface area contributed by atoms with E-state index in [1.807, 2.05) is 0 Å². The summed E-state index contributed by atoms with van der Waals surface area (Å²) in [7, 11) is 1.21. The van der Waals surface area contributed by atoms with Gasteiger partial charge < -0.3 is 104 Å². The first-order chi connectivity index (χ1) is 21.8. The average molecular weight is 681 g/mol. The molecule has 0 amide bonds. The molecule has 4 aliphatic rings. The van der Waals surface area contributed by atoms with Crippen LogP contribution in [0.5, 0.6) is 0 Å². The molecule has 0 aromatic heterocycles. The highest BCUT2D eigenvalue weighted by atomic mass is 16.8. The number of hydrogen-bond acceptors (Lipinski definition) is 21. The number of aliphatic hydroxyl groups excluding tert-OH is 13. The van der Waals surface area contributed by atoms with Gasteiger partial charge in [-0.3, -0.25) is 0 Å². The summed E-state index contributed by atoms with van der Waals surface area (Å²) in [4.78, 5) is 0. The van der Waals surface area contributed by atoms with E-state index in [1.54, 1.807) is 0 Å². The largest absolute Gasteiger partial charge is 0.394 e. The predicted molar refractivity (Wildman–Crippen MR) is 139 cm³/mol. The highest BCUT2D eigenvalue weighted by molar-refractivity contribution is 4.97. The van der Waals surface area contributed by atoms with Gasteiger partial charge in [0.1, 0.15) is 97.7 Å².